The summed E-state index contributed by atoms with van der Waals surface area (Å²) in [5.41, 5.74) is 2.30. The first-order chi connectivity index (χ1) is 14.6. The number of hydrogen-bond acceptors (Lipinski definition) is 5. The van der Waals surface area contributed by atoms with Crippen molar-refractivity contribution in [3.05, 3.63) is 30.2 Å². The molecule has 4 rings (SSSR count). The molecule has 0 bridgehead atoms. The van der Waals surface area contributed by atoms with Crippen LogP contribution in [0.1, 0.15) is 76.5 Å². The zero-order valence-corrected chi connectivity index (χ0v) is 19.0. The maximum atomic E-state index is 6.11. The first-order valence-corrected chi connectivity index (χ1v) is 12.0. The highest BCUT2D eigenvalue weighted by molar-refractivity contribution is 5.59. The van der Waals surface area contributed by atoms with Gasteiger partial charge in [-0.25, -0.2) is 0 Å². The smallest absolute Gasteiger partial charge is 0.247 e. The molecule has 164 valence electrons. The number of benzene rings is 1. The van der Waals surface area contributed by atoms with Gasteiger partial charge in [-0.1, -0.05) is 32.6 Å². The quantitative estimate of drug-likeness (QED) is 0.520. The lowest BCUT2D eigenvalue weighted by Gasteiger charge is -2.26. The number of rotatable bonds is 8. The molecule has 1 unspecified atom stereocenters. The van der Waals surface area contributed by atoms with Gasteiger partial charge in [-0.2, -0.15) is 0 Å². The summed E-state index contributed by atoms with van der Waals surface area (Å²) in [7, 11) is 4.34. The second kappa shape index (κ2) is 9.95. The monoisotopic (exact) mass is 410 g/mol. The van der Waals surface area contributed by atoms with Crippen LogP contribution in [0.15, 0.2) is 28.7 Å². The molecule has 2 heterocycles. The van der Waals surface area contributed by atoms with Crippen molar-refractivity contribution < 1.29 is 4.42 Å². The number of anilines is 1. The van der Waals surface area contributed by atoms with Gasteiger partial charge in [-0.15, -0.1) is 10.2 Å². The third-order valence-electron chi connectivity index (χ3n) is 7.23. The molecular weight excluding hydrogens is 372 g/mol. The van der Waals surface area contributed by atoms with Crippen molar-refractivity contribution in [2.24, 2.45) is 5.92 Å². The molecule has 1 saturated heterocycles. The van der Waals surface area contributed by atoms with Crippen molar-refractivity contribution in [1.82, 2.24) is 15.1 Å². The molecule has 5 nitrogen and oxygen atoms in total. The minimum absolute atomic E-state index is 0.445. The molecule has 5 heteroatoms. The Bertz CT molecular complexity index is 777. The Morgan fingerprint density at radius 2 is 1.77 bits per heavy atom. The number of aromatic nitrogens is 2. The number of likely N-dealkylation sites (N-methyl/N-ethyl adjacent to an activating group) is 1. The van der Waals surface area contributed by atoms with Gasteiger partial charge in [0.2, 0.25) is 11.8 Å². The van der Waals surface area contributed by atoms with E-state index in [2.05, 4.69) is 65.3 Å². The molecule has 0 N–H and O–H groups in total. The van der Waals surface area contributed by atoms with Crippen LogP contribution >= 0.6 is 0 Å². The fourth-order valence-electron chi connectivity index (χ4n) is 5.11. The maximum absolute atomic E-state index is 6.11. The molecule has 1 aliphatic carbocycles. The zero-order valence-electron chi connectivity index (χ0n) is 19.0. The van der Waals surface area contributed by atoms with E-state index in [9.17, 15) is 0 Å². The fraction of sp³-hybridized carbons (Fsp3) is 0.680. The van der Waals surface area contributed by atoms with Crippen molar-refractivity contribution in [3.8, 4) is 11.5 Å². The van der Waals surface area contributed by atoms with Crippen LogP contribution in [0.25, 0.3) is 11.5 Å². The Balaban J connectivity index is 1.32. The van der Waals surface area contributed by atoms with Crippen LogP contribution in [0.2, 0.25) is 0 Å². The van der Waals surface area contributed by atoms with Gasteiger partial charge in [0, 0.05) is 36.3 Å². The van der Waals surface area contributed by atoms with E-state index in [-0.39, 0.29) is 0 Å². The standard InChI is InChI=1S/C25H38N4O/c1-4-5-6-7-19-8-10-20(11-9-19)24-26-27-25(30-24)21-12-14-22(15-13-21)29-17-16-23(18-29)28(2)3/h12-15,19-20,23H,4-11,16-18H2,1-3H3. The molecule has 2 aliphatic rings. The topological polar surface area (TPSA) is 45.4 Å². The van der Waals surface area contributed by atoms with Crippen LogP contribution in [0.5, 0.6) is 0 Å². The summed E-state index contributed by atoms with van der Waals surface area (Å²) in [6.45, 7) is 4.50. The first-order valence-electron chi connectivity index (χ1n) is 12.0. The third kappa shape index (κ3) is 5.05. The largest absolute Gasteiger partial charge is 0.420 e. The molecule has 1 atom stereocenters. The molecule has 1 aromatic heterocycles. The van der Waals surface area contributed by atoms with E-state index in [1.807, 2.05) is 0 Å². The molecule has 2 aromatic rings. The average Bonchev–Trinajstić information content (AvgIpc) is 3.45. The van der Waals surface area contributed by atoms with Crippen LogP contribution in [0.4, 0.5) is 5.69 Å². The van der Waals surface area contributed by atoms with E-state index in [0.717, 1.165) is 30.5 Å². The van der Waals surface area contributed by atoms with Crippen LogP contribution in [0.3, 0.4) is 0 Å². The minimum Gasteiger partial charge on any atom is -0.420 e. The molecule has 2 fully saturated rings. The maximum Gasteiger partial charge on any atom is 0.247 e. The highest BCUT2D eigenvalue weighted by atomic mass is 16.4. The highest BCUT2D eigenvalue weighted by Gasteiger charge is 2.27. The second-order valence-electron chi connectivity index (χ2n) is 9.56. The Hall–Kier alpha value is -1.88. The van der Waals surface area contributed by atoms with Crippen molar-refractivity contribution in [1.29, 1.82) is 0 Å². The van der Waals surface area contributed by atoms with Crippen molar-refractivity contribution >= 4 is 5.69 Å². The molecule has 30 heavy (non-hydrogen) atoms. The molecule has 1 aliphatic heterocycles. The summed E-state index contributed by atoms with van der Waals surface area (Å²) in [6, 6.07) is 9.28. The summed E-state index contributed by atoms with van der Waals surface area (Å²) >= 11 is 0. The van der Waals surface area contributed by atoms with Crippen molar-refractivity contribution in [2.75, 3.05) is 32.1 Å². The van der Waals surface area contributed by atoms with E-state index < -0.39 is 0 Å². The molecule has 0 spiro atoms. The molecule has 1 aromatic carbocycles. The highest BCUT2D eigenvalue weighted by Crippen LogP contribution is 2.38. The molecule has 1 saturated carbocycles. The van der Waals surface area contributed by atoms with Gasteiger partial charge in [0.05, 0.1) is 0 Å². The summed E-state index contributed by atoms with van der Waals surface area (Å²) in [4.78, 5) is 4.79. The van der Waals surface area contributed by atoms with Gasteiger partial charge < -0.3 is 14.2 Å². The first kappa shape index (κ1) is 21.4. The Morgan fingerprint density at radius 3 is 2.43 bits per heavy atom. The van der Waals surface area contributed by atoms with Crippen LogP contribution in [-0.2, 0) is 0 Å². The summed E-state index contributed by atoms with van der Waals surface area (Å²) < 4.78 is 6.11. The second-order valence-corrected chi connectivity index (χ2v) is 9.56. The van der Waals surface area contributed by atoms with Crippen LogP contribution in [0, 0.1) is 5.92 Å². The number of hydrogen-bond donors (Lipinski definition) is 0. The molecular formula is C25H38N4O. The van der Waals surface area contributed by atoms with Gasteiger partial charge in [0.1, 0.15) is 0 Å². The van der Waals surface area contributed by atoms with E-state index >= 15 is 0 Å². The average molecular weight is 411 g/mol. The van der Waals surface area contributed by atoms with Crippen LogP contribution < -0.4 is 4.90 Å². The van der Waals surface area contributed by atoms with Gasteiger partial charge >= 0.3 is 0 Å². The lowest BCUT2D eigenvalue weighted by molar-refractivity contribution is 0.277. The molecule has 0 radical (unpaired) electrons. The van der Waals surface area contributed by atoms with E-state index in [1.165, 1.54) is 63.5 Å². The lowest BCUT2D eigenvalue weighted by atomic mass is 9.80. The number of unbranched alkanes of at least 4 members (excludes halogenated alkanes) is 2. The van der Waals surface area contributed by atoms with Gasteiger partial charge in [-0.05, 0) is 76.4 Å². The lowest BCUT2D eigenvalue weighted by Crippen LogP contribution is -2.31. The van der Waals surface area contributed by atoms with Gasteiger partial charge in [-0.3, -0.25) is 0 Å². The fourth-order valence-corrected chi connectivity index (χ4v) is 5.11. The SMILES string of the molecule is CCCCCC1CCC(c2nnc(-c3ccc(N4CCC(N(C)C)C4)cc3)o2)CC1. The zero-order chi connectivity index (χ0) is 20.9. The third-order valence-corrected chi connectivity index (χ3v) is 7.23. The predicted molar refractivity (Wildman–Crippen MR) is 123 cm³/mol. The van der Waals surface area contributed by atoms with Crippen LogP contribution in [-0.4, -0.2) is 48.3 Å². The summed E-state index contributed by atoms with van der Waals surface area (Å²) in [6.07, 6.45) is 11.7. The Labute approximate surface area is 181 Å². The van der Waals surface area contributed by atoms with E-state index in [0.29, 0.717) is 17.9 Å². The summed E-state index contributed by atoms with van der Waals surface area (Å²) in [5, 5.41) is 8.78. The molecule has 0 amide bonds. The van der Waals surface area contributed by atoms with E-state index in [4.69, 9.17) is 4.42 Å². The summed E-state index contributed by atoms with van der Waals surface area (Å²) in [5.74, 6) is 2.85. The van der Waals surface area contributed by atoms with Gasteiger partial charge in [0.25, 0.3) is 0 Å². The van der Waals surface area contributed by atoms with E-state index in [1.54, 1.807) is 0 Å². The van der Waals surface area contributed by atoms with Crippen molar-refractivity contribution in [3.63, 3.8) is 0 Å². The van der Waals surface area contributed by atoms with Crippen molar-refractivity contribution in [2.45, 2.75) is 76.7 Å². The number of nitrogens with zero attached hydrogens (tertiary/aromatic N) is 4. The Morgan fingerprint density at radius 1 is 1.00 bits per heavy atom. The normalized spacial score (nSPS) is 24.7. The predicted octanol–water partition coefficient (Wildman–Crippen LogP) is 5.73. The van der Waals surface area contributed by atoms with Gasteiger partial charge in [0.15, 0.2) is 0 Å². The Kier molecular flexibility index (Phi) is 7.08. The minimum atomic E-state index is 0.445.